The van der Waals surface area contributed by atoms with Crippen molar-refractivity contribution in [2.24, 2.45) is 0 Å². The number of amides is 1. The van der Waals surface area contributed by atoms with Gasteiger partial charge in [-0.25, -0.2) is 9.97 Å². The molecular formula is C23H27N5OS. The van der Waals surface area contributed by atoms with E-state index < -0.39 is 0 Å². The van der Waals surface area contributed by atoms with Gasteiger partial charge in [0.1, 0.15) is 17.0 Å². The van der Waals surface area contributed by atoms with Crippen LogP contribution in [0.15, 0.2) is 42.0 Å². The van der Waals surface area contributed by atoms with E-state index in [0.717, 1.165) is 68.0 Å². The summed E-state index contributed by atoms with van der Waals surface area (Å²) in [5, 5.41) is 6.49. The van der Waals surface area contributed by atoms with Gasteiger partial charge in [-0.1, -0.05) is 24.3 Å². The van der Waals surface area contributed by atoms with Crippen molar-refractivity contribution in [1.82, 2.24) is 20.2 Å². The van der Waals surface area contributed by atoms with Crippen LogP contribution in [0.5, 0.6) is 0 Å². The molecule has 3 heterocycles. The van der Waals surface area contributed by atoms with Crippen molar-refractivity contribution in [1.29, 1.82) is 0 Å². The summed E-state index contributed by atoms with van der Waals surface area (Å²) in [6.45, 7) is 4.58. The van der Waals surface area contributed by atoms with Crippen LogP contribution in [0.3, 0.4) is 0 Å². The molecule has 1 unspecified atom stereocenters. The molecule has 2 aromatic heterocycles. The molecule has 1 N–H and O–H groups in total. The molecule has 1 aliphatic heterocycles. The average Bonchev–Trinajstić information content (AvgIpc) is 3.27. The topological polar surface area (TPSA) is 61.4 Å². The van der Waals surface area contributed by atoms with E-state index in [1.807, 2.05) is 0 Å². The Balaban J connectivity index is 1.12. The highest BCUT2D eigenvalue weighted by Crippen LogP contribution is 2.30. The summed E-state index contributed by atoms with van der Waals surface area (Å²) < 4.78 is 0. The molecule has 0 bridgehead atoms. The second-order valence-electron chi connectivity index (χ2n) is 8.13. The maximum Gasteiger partial charge on any atom is 0.221 e. The number of carbonyl (C=O) groups is 1. The van der Waals surface area contributed by atoms with Crippen LogP contribution < -0.4 is 10.2 Å². The Labute approximate surface area is 180 Å². The lowest BCUT2D eigenvalue weighted by Gasteiger charge is -2.35. The molecule has 7 heteroatoms. The molecule has 1 aromatic carbocycles. The summed E-state index contributed by atoms with van der Waals surface area (Å²) in [6, 6.07) is 10.8. The maximum absolute atomic E-state index is 12.6. The standard InChI is InChI=1S/C23H27N5OS/c29-21(26-20-7-3-5-17-4-1-2-6-18(17)20)8-10-27-11-13-28(14-12-27)22-19-9-15-30-23(19)25-16-24-22/h1-2,4,6,9,15-16,20H,3,5,7-8,10-14H2,(H,26,29). The second kappa shape index (κ2) is 8.70. The number of nitrogens with zero attached hydrogens (tertiary/aromatic N) is 4. The fraction of sp³-hybridized carbons (Fsp3) is 0.435. The van der Waals surface area contributed by atoms with E-state index in [1.54, 1.807) is 17.7 Å². The predicted molar refractivity (Wildman–Crippen MR) is 121 cm³/mol. The van der Waals surface area contributed by atoms with E-state index in [4.69, 9.17) is 0 Å². The number of fused-ring (bicyclic) bond motifs is 2. The molecule has 6 nitrogen and oxygen atoms in total. The van der Waals surface area contributed by atoms with Gasteiger partial charge in [-0.15, -0.1) is 11.3 Å². The number of aromatic nitrogens is 2. The van der Waals surface area contributed by atoms with Crippen molar-refractivity contribution < 1.29 is 4.79 Å². The van der Waals surface area contributed by atoms with Crippen LogP contribution >= 0.6 is 11.3 Å². The Bertz CT molecular complexity index is 1030. The Morgan fingerprint density at radius 1 is 1.13 bits per heavy atom. The summed E-state index contributed by atoms with van der Waals surface area (Å²) in [4.78, 5) is 27.2. The fourth-order valence-corrected chi connectivity index (χ4v) is 5.37. The first kappa shape index (κ1) is 19.5. The van der Waals surface area contributed by atoms with Crippen molar-refractivity contribution >= 4 is 33.3 Å². The third kappa shape index (κ3) is 4.04. The van der Waals surface area contributed by atoms with Crippen molar-refractivity contribution in [3.63, 3.8) is 0 Å². The smallest absolute Gasteiger partial charge is 0.221 e. The molecule has 0 spiro atoms. The zero-order valence-corrected chi connectivity index (χ0v) is 17.9. The van der Waals surface area contributed by atoms with Gasteiger partial charge in [0.05, 0.1) is 11.4 Å². The summed E-state index contributed by atoms with van der Waals surface area (Å²) >= 11 is 1.65. The number of thiophene rings is 1. The molecule has 2 aliphatic rings. The van der Waals surface area contributed by atoms with Crippen molar-refractivity contribution in [3.8, 4) is 0 Å². The van der Waals surface area contributed by atoms with Crippen LogP contribution in [0, 0.1) is 0 Å². The number of hydrogen-bond donors (Lipinski definition) is 1. The third-order valence-electron chi connectivity index (χ3n) is 6.27. The van der Waals surface area contributed by atoms with Crippen LogP contribution in [0.2, 0.25) is 0 Å². The minimum atomic E-state index is 0.162. The second-order valence-corrected chi connectivity index (χ2v) is 9.02. The minimum absolute atomic E-state index is 0.162. The Kier molecular flexibility index (Phi) is 5.64. The lowest BCUT2D eigenvalue weighted by molar-refractivity contribution is -0.122. The molecule has 1 amide bonds. The molecule has 5 rings (SSSR count). The number of rotatable bonds is 5. The summed E-state index contributed by atoms with van der Waals surface area (Å²) in [6.07, 6.45) is 5.52. The molecule has 156 valence electrons. The first-order valence-corrected chi connectivity index (χ1v) is 11.7. The van der Waals surface area contributed by atoms with Gasteiger partial charge in [0.15, 0.2) is 0 Å². The molecule has 3 aromatic rings. The first-order valence-electron chi connectivity index (χ1n) is 10.8. The number of anilines is 1. The normalized spacial score (nSPS) is 19.6. The van der Waals surface area contributed by atoms with E-state index in [2.05, 4.69) is 60.8 Å². The van der Waals surface area contributed by atoms with Gasteiger partial charge in [0, 0.05) is 39.1 Å². The number of piperazine rings is 1. The number of carbonyl (C=O) groups excluding carboxylic acids is 1. The highest BCUT2D eigenvalue weighted by molar-refractivity contribution is 7.16. The summed E-state index contributed by atoms with van der Waals surface area (Å²) in [5.74, 6) is 1.20. The third-order valence-corrected chi connectivity index (χ3v) is 7.09. The lowest BCUT2D eigenvalue weighted by atomic mass is 9.87. The first-order chi connectivity index (χ1) is 14.8. The van der Waals surface area contributed by atoms with Crippen LogP contribution in [0.1, 0.15) is 36.4 Å². The van der Waals surface area contributed by atoms with Crippen LogP contribution in [-0.4, -0.2) is 53.5 Å². The van der Waals surface area contributed by atoms with Gasteiger partial charge in [0.2, 0.25) is 5.91 Å². The molecule has 30 heavy (non-hydrogen) atoms. The molecule has 1 fully saturated rings. The Hall–Kier alpha value is -2.51. The molecular weight excluding hydrogens is 394 g/mol. The van der Waals surface area contributed by atoms with E-state index in [0.29, 0.717) is 6.42 Å². The summed E-state index contributed by atoms with van der Waals surface area (Å²) in [7, 11) is 0. The Morgan fingerprint density at radius 3 is 2.90 bits per heavy atom. The molecule has 0 saturated carbocycles. The number of hydrogen-bond acceptors (Lipinski definition) is 6. The van der Waals surface area contributed by atoms with Gasteiger partial charge in [-0.05, 0) is 41.8 Å². The summed E-state index contributed by atoms with van der Waals surface area (Å²) in [5.41, 5.74) is 2.69. The van der Waals surface area contributed by atoms with E-state index in [9.17, 15) is 4.79 Å². The molecule has 1 atom stereocenters. The fourth-order valence-electron chi connectivity index (χ4n) is 4.64. The van der Waals surface area contributed by atoms with Gasteiger partial charge < -0.3 is 10.2 Å². The number of nitrogens with one attached hydrogen (secondary N) is 1. The van der Waals surface area contributed by atoms with E-state index in [1.165, 1.54) is 11.1 Å². The average molecular weight is 422 g/mol. The molecule has 0 radical (unpaired) electrons. The van der Waals surface area contributed by atoms with Crippen LogP contribution in [-0.2, 0) is 11.2 Å². The minimum Gasteiger partial charge on any atom is -0.353 e. The highest BCUT2D eigenvalue weighted by Gasteiger charge is 2.23. The highest BCUT2D eigenvalue weighted by atomic mass is 32.1. The quantitative estimate of drug-likeness (QED) is 0.684. The Morgan fingerprint density at radius 2 is 2.00 bits per heavy atom. The predicted octanol–water partition coefficient (Wildman–Crippen LogP) is 3.40. The monoisotopic (exact) mass is 421 g/mol. The maximum atomic E-state index is 12.6. The van der Waals surface area contributed by atoms with Crippen molar-refractivity contribution in [2.45, 2.75) is 31.7 Å². The van der Waals surface area contributed by atoms with E-state index >= 15 is 0 Å². The van der Waals surface area contributed by atoms with Crippen LogP contribution in [0.4, 0.5) is 5.82 Å². The zero-order chi connectivity index (χ0) is 20.3. The van der Waals surface area contributed by atoms with Gasteiger partial charge in [-0.3, -0.25) is 9.69 Å². The lowest BCUT2D eigenvalue weighted by Crippen LogP contribution is -2.47. The number of benzene rings is 1. The van der Waals surface area contributed by atoms with Crippen LogP contribution in [0.25, 0.3) is 10.2 Å². The number of aryl methyl sites for hydroxylation is 1. The largest absolute Gasteiger partial charge is 0.353 e. The SMILES string of the molecule is O=C(CCN1CCN(c2ncnc3sccc23)CC1)NC1CCCc2ccccc21. The molecule has 1 saturated heterocycles. The van der Waals surface area contributed by atoms with Gasteiger partial charge >= 0.3 is 0 Å². The van der Waals surface area contributed by atoms with E-state index in [-0.39, 0.29) is 11.9 Å². The van der Waals surface area contributed by atoms with Crippen molar-refractivity contribution in [3.05, 3.63) is 53.2 Å². The van der Waals surface area contributed by atoms with Gasteiger partial charge in [0.25, 0.3) is 0 Å². The van der Waals surface area contributed by atoms with Crippen molar-refractivity contribution in [2.75, 3.05) is 37.6 Å². The zero-order valence-electron chi connectivity index (χ0n) is 17.1. The molecule has 1 aliphatic carbocycles. The van der Waals surface area contributed by atoms with Gasteiger partial charge in [-0.2, -0.15) is 0 Å².